The van der Waals surface area contributed by atoms with E-state index in [1.807, 2.05) is 0 Å². The van der Waals surface area contributed by atoms with Crippen molar-refractivity contribution in [2.45, 2.75) is 0 Å². The van der Waals surface area contributed by atoms with Gasteiger partial charge in [0.1, 0.15) is 0 Å². The summed E-state index contributed by atoms with van der Waals surface area (Å²) in [5.74, 6) is 0. The first-order valence-corrected chi connectivity index (χ1v) is 1.56. The predicted octanol–water partition coefficient (Wildman–Crippen LogP) is -3.69. The summed E-state index contributed by atoms with van der Waals surface area (Å²) in [4.78, 5) is 0. The van der Waals surface area contributed by atoms with E-state index in [1.54, 1.807) is 0 Å². The molecule has 0 atom stereocenters. The SMILES string of the molecule is O.O.O.O.O.O.[F][Co]([F])[F]. The summed E-state index contributed by atoms with van der Waals surface area (Å²) in [5, 5.41) is 0. The van der Waals surface area contributed by atoms with Gasteiger partial charge in [0.15, 0.2) is 0 Å². The Hall–Kier alpha value is 0.0565. The molecule has 0 radical (unpaired) electrons. The summed E-state index contributed by atoms with van der Waals surface area (Å²) in [6, 6.07) is 0. The zero-order chi connectivity index (χ0) is 3.58. The standard InChI is InChI=1S/Co.3FH.6H2O/h;3*1H;6*1H2/q+3;;;;;;;;;/p-3. The molecule has 0 saturated carbocycles. The van der Waals surface area contributed by atoms with Gasteiger partial charge in [0.05, 0.1) is 0 Å². The monoisotopic (exact) mass is 224 g/mol. The Labute approximate surface area is 59.6 Å². The fourth-order valence-electron chi connectivity index (χ4n) is 0. The maximum absolute atomic E-state index is 9.73. The molecule has 6 nitrogen and oxygen atoms in total. The summed E-state index contributed by atoms with van der Waals surface area (Å²) < 4.78 is 29.2. The van der Waals surface area contributed by atoms with Crippen LogP contribution in [-0.4, -0.2) is 32.9 Å². The number of hydrogen-bond donors (Lipinski definition) is 0. The van der Waals surface area contributed by atoms with E-state index >= 15 is 0 Å². The molecular weight excluding hydrogens is 212 g/mol. The molecule has 12 N–H and O–H groups in total. The van der Waals surface area contributed by atoms with Gasteiger partial charge in [-0.2, -0.15) is 0 Å². The van der Waals surface area contributed by atoms with Crippen LogP contribution in [0.15, 0.2) is 0 Å². The van der Waals surface area contributed by atoms with Crippen molar-refractivity contribution in [2.24, 2.45) is 0 Å². The van der Waals surface area contributed by atoms with Crippen molar-refractivity contribution in [2.75, 3.05) is 0 Å². The van der Waals surface area contributed by atoms with Crippen LogP contribution in [0.1, 0.15) is 0 Å². The first kappa shape index (κ1) is 88.3. The van der Waals surface area contributed by atoms with Crippen LogP contribution >= 0.6 is 0 Å². The van der Waals surface area contributed by atoms with Crippen molar-refractivity contribution in [1.82, 2.24) is 0 Å². The van der Waals surface area contributed by atoms with E-state index in [9.17, 15) is 10.7 Å². The summed E-state index contributed by atoms with van der Waals surface area (Å²) in [6.07, 6.45) is 0. The van der Waals surface area contributed by atoms with Crippen molar-refractivity contribution in [3.8, 4) is 0 Å². The second kappa shape index (κ2) is 62.9. The first-order chi connectivity index (χ1) is 1.73. The van der Waals surface area contributed by atoms with Gasteiger partial charge in [0.25, 0.3) is 0 Å². The molecule has 78 valence electrons. The molecule has 10 heteroatoms. The van der Waals surface area contributed by atoms with Crippen LogP contribution in [0.2, 0.25) is 0 Å². The van der Waals surface area contributed by atoms with Crippen molar-refractivity contribution in [1.29, 1.82) is 0 Å². The van der Waals surface area contributed by atoms with Crippen LogP contribution in [0.25, 0.3) is 0 Å². The van der Waals surface area contributed by atoms with Gasteiger partial charge < -0.3 is 32.9 Å². The van der Waals surface area contributed by atoms with Gasteiger partial charge in [0, 0.05) is 0 Å². The molecule has 0 aliphatic heterocycles. The number of hydrogen-bond acceptors (Lipinski definition) is 0. The van der Waals surface area contributed by atoms with Crippen molar-refractivity contribution < 1.29 is 58.6 Å². The zero-order valence-corrected chi connectivity index (χ0v) is 5.51. The Bertz CT molecular complexity index is 17.7. The topological polar surface area (TPSA) is 189 Å². The van der Waals surface area contributed by atoms with E-state index in [1.165, 1.54) is 0 Å². The molecule has 0 unspecified atom stereocenters. The van der Waals surface area contributed by atoms with Crippen LogP contribution in [0.4, 0.5) is 10.7 Å². The Balaban J connectivity index is -0.00000000300. The van der Waals surface area contributed by atoms with Gasteiger partial charge in [-0.1, -0.05) is 0 Å². The van der Waals surface area contributed by atoms with Crippen molar-refractivity contribution >= 4 is 0 Å². The summed E-state index contributed by atoms with van der Waals surface area (Å²) in [7, 11) is 0. The molecule has 0 aromatic rings. The molecule has 10 heavy (non-hydrogen) atoms. The molecular formula is H12CoF3O6. The third-order valence-electron chi connectivity index (χ3n) is 0. The summed E-state index contributed by atoms with van der Waals surface area (Å²) in [5.41, 5.74) is 0. The van der Waals surface area contributed by atoms with Gasteiger partial charge in [0.2, 0.25) is 0 Å². The Morgan fingerprint density at radius 1 is 0.500 bits per heavy atom. The normalized spacial score (nSPS) is 4.50. The van der Waals surface area contributed by atoms with Gasteiger partial charge >= 0.3 is 25.7 Å². The van der Waals surface area contributed by atoms with E-state index in [0.29, 0.717) is 0 Å². The number of rotatable bonds is 0. The Kier molecular flexibility index (Phi) is 556. The van der Waals surface area contributed by atoms with Crippen molar-refractivity contribution in [3.63, 3.8) is 0 Å². The third-order valence-corrected chi connectivity index (χ3v) is 0. The summed E-state index contributed by atoms with van der Waals surface area (Å²) >= 11 is -4.10. The maximum atomic E-state index is 9.73. The van der Waals surface area contributed by atoms with E-state index in [4.69, 9.17) is 0 Å². The van der Waals surface area contributed by atoms with Gasteiger partial charge in [-0.25, -0.2) is 0 Å². The van der Waals surface area contributed by atoms with E-state index < -0.39 is 15.0 Å². The Morgan fingerprint density at radius 3 is 0.500 bits per heavy atom. The molecule has 0 aromatic carbocycles. The minimum atomic E-state index is -4.10. The molecule has 0 aliphatic rings. The third kappa shape index (κ3) is 126000. The number of halogens is 3. The fourth-order valence-corrected chi connectivity index (χ4v) is 0. The van der Waals surface area contributed by atoms with Crippen LogP contribution in [0, 0.1) is 0 Å². The fraction of sp³-hybridized carbons (Fsp3) is 0. The molecule has 0 bridgehead atoms. The molecule has 0 heterocycles. The molecule has 0 fully saturated rings. The first-order valence-electron chi connectivity index (χ1n) is 0.378. The van der Waals surface area contributed by atoms with E-state index in [0.717, 1.165) is 0 Å². The predicted molar refractivity (Wildman–Crippen MR) is 25.0 cm³/mol. The zero-order valence-electron chi connectivity index (χ0n) is 4.47. The molecule has 0 aliphatic carbocycles. The second-order valence-corrected chi connectivity index (χ2v) is 0.589. The van der Waals surface area contributed by atoms with Gasteiger partial charge in [-0.05, 0) is 0 Å². The van der Waals surface area contributed by atoms with Crippen LogP contribution in [0.3, 0.4) is 0 Å². The van der Waals surface area contributed by atoms with Gasteiger partial charge in [-0.3, -0.25) is 0 Å². The minimum absolute atomic E-state index is 0. The summed E-state index contributed by atoms with van der Waals surface area (Å²) in [6.45, 7) is 0. The van der Waals surface area contributed by atoms with E-state index in [2.05, 4.69) is 0 Å². The van der Waals surface area contributed by atoms with Crippen LogP contribution < -0.4 is 0 Å². The quantitative estimate of drug-likeness (QED) is 0.391. The van der Waals surface area contributed by atoms with Crippen LogP contribution in [0.5, 0.6) is 0 Å². The van der Waals surface area contributed by atoms with Crippen LogP contribution in [-0.2, 0) is 15.0 Å². The molecule has 0 aromatic heterocycles. The molecule has 0 saturated heterocycles. The van der Waals surface area contributed by atoms with E-state index in [-0.39, 0.29) is 32.9 Å². The average Bonchev–Trinajstić information content (AvgIpc) is 0.811. The molecule has 0 spiro atoms. The van der Waals surface area contributed by atoms with Crippen molar-refractivity contribution in [3.05, 3.63) is 0 Å². The molecule has 0 amide bonds. The average molecular weight is 224 g/mol. The Morgan fingerprint density at radius 2 is 0.500 bits per heavy atom. The molecule has 0 rings (SSSR count). The van der Waals surface area contributed by atoms with Gasteiger partial charge in [-0.15, -0.1) is 0 Å². The second-order valence-electron chi connectivity index (χ2n) is 0.143.